The number of rotatable bonds is 6. The molecule has 0 fully saturated rings. The van der Waals surface area contributed by atoms with Gasteiger partial charge < -0.3 is 5.32 Å². The lowest BCUT2D eigenvalue weighted by atomic mass is 10.1. The van der Waals surface area contributed by atoms with Gasteiger partial charge in [-0.3, -0.25) is 14.5 Å². The second-order valence-electron chi connectivity index (χ2n) is 5.24. The Morgan fingerprint density at radius 3 is 2.16 bits per heavy atom. The molecule has 1 aromatic rings. The van der Waals surface area contributed by atoms with Crippen LogP contribution in [0.4, 0.5) is 0 Å². The molecule has 1 heterocycles. The van der Waals surface area contributed by atoms with Gasteiger partial charge in [0.1, 0.15) is 0 Å². The van der Waals surface area contributed by atoms with Gasteiger partial charge in [0.2, 0.25) is 0 Å². The van der Waals surface area contributed by atoms with Crippen molar-refractivity contribution in [2.45, 2.75) is 20.3 Å². The van der Waals surface area contributed by atoms with Gasteiger partial charge in [0.05, 0.1) is 11.1 Å². The Kier molecular flexibility index (Phi) is 4.32. The molecule has 0 spiro atoms. The molecule has 102 valence electrons. The van der Waals surface area contributed by atoms with Gasteiger partial charge in [-0.15, -0.1) is 0 Å². The zero-order valence-electron chi connectivity index (χ0n) is 11.5. The molecule has 0 aromatic heterocycles. The summed E-state index contributed by atoms with van der Waals surface area (Å²) in [5, 5.41) is 3.27. The van der Waals surface area contributed by atoms with Crippen molar-refractivity contribution in [1.29, 1.82) is 0 Å². The first kappa shape index (κ1) is 13.7. The fourth-order valence-electron chi connectivity index (χ4n) is 2.15. The third kappa shape index (κ3) is 3.01. The number of fused-ring (bicyclic) bond motifs is 1. The first-order chi connectivity index (χ1) is 9.11. The Balaban J connectivity index is 1.87. The summed E-state index contributed by atoms with van der Waals surface area (Å²) in [6, 6.07) is 6.99. The smallest absolute Gasteiger partial charge is 0.261 e. The molecule has 1 aliphatic heterocycles. The van der Waals surface area contributed by atoms with Crippen molar-refractivity contribution < 1.29 is 9.59 Å². The monoisotopic (exact) mass is 260 g/mol. The number of benzene rings is 1. The summed E-state index contributed by atoms with van der Waals surface area (Å²) >= 11 is 0. The quantitative estimate of drug-likeness (QED) is 0.628. The Labute approximate surface area is 113 Å². The van der Waals surface area contributed by atoms with E-state index in [0.29, 0.717) is 30.1 Å². The minimum absolute atomic E-state index is 0.175. The Bertz CT molecular complexity index is 448. The average molecular weight is 260 g/mol. The van der Waals surface area contributed by atoms with Crippen LogP contribution in [-0.2, 0) is 0 Å². The normalized spacial score (nSPS) is 14.4. The van der Waals surface area contributed by atoms with Crippen LogP contribution >= 0.6 is 0 Å². The molecule has 1 aromatic carbocycles. The van der Waals surface area contributed by atoms with E-state index in [9.17, 15) is 9.59 Å². The molecule has 1 N–H and O–H groups in total. The molecule has 4 heteroatoms. The van der Waals surface area contributed by atoms with E-state index >= 15 is 0 Å². The second-order valence-corrected chi connectivity index (χ2v) is 5.24. The summed E-state index contributed by atoms with van der Waals surface area (Å²) in [6.45, 7) is 6.35. The van der Waals surface area contributed by atoms with Crippen molar-refractivity contribution >= 4 is 11.8 Å². The number of nitrogens with one attached hydrogen (secondary N) is 1. The zero-order chi connectivity index (χ0) is 13.8. The van der Waals surface area contributed by atoms with E-state index in [1.165, 1.54) is 4.90 Å². The van der Waals surface area contributed by atoms with Crippen LogP contribution in [0.5, 0.6) is 0 Å². The van der Waals surface area contributed by atoms with Crippen molar-refractivity contribution in [3.8, 4) is 0 Å². The van der Waals surface area contributed by atoms with Gasteiger partial charge >= 0.3 is 0 Å². The van der Waals surface area contributed by atoms with E-state index in [2.05, 4.69) is 19.2 Å². The van der Waals surface area contributed by atoms with E-state index in [0.717, 1.165) is 13.0 Å². The van der Waals surface area contributed by atoms with Gasteiger partial charge in [-0.25, -0.2) is 0 Å². The third-order valence-corrected chi connectivity index (χ3v) is 3.29. The minimum Gasteiger partial charge on any atom is -0.315 e. The van der Waals surface area contributed by atoms with Crippen LogP contribution < -0.4 is 5.32 Å². The van der Waals surface area contributed by atoms with E-state index < -0.39 is 0 Å². The van der Waals surface area contributed by atoms with Crippen LogP contribution in [0, 0.1) is 5.92 Å². The Morgan fingerprint density at radius 2 is 1.63 bits per heavy atom. The van der Waals surface area contributed by atoms with Crippen molar-refractivity contribution in [2.75, 3.05) is 19.6 Å². The van der Waals surface area contributed by atoms with Crippen molar-refractivity contribution in [2.24, 2.45) is 5.92 Å². The van der Waals surface area contributed by atoms with E-state index in [4.69, 9.17) is 0 Å². The predicted octanol–water partition coefficient (Wildman–Crippen LogP) is 1.92. The van der Waals surface area contributed by atoms with Gasteiger partial charge in [-0.05, 0) is 31.0 Å². The highest BCUT2D eigenvalue weighted by molar-refractivity contribution is 6.21. The molecule has 0 saturated carbocycles. The first-order valence-electron chi connectivity index (χ1n) is 6.77. The number of hydrogen-bond donors (Lipinski definition) is 1. The molecule has 2 amide bonds. The predicted molar refractivity (Wildman–Crippen MR) is 74.1 cm³/mol. The van der Waals surface area contributed by atoms with Gasteiger partial charge in [0.25, 0.3) is 11.8 Å². The highest BCUT2D eigenvalue weighted by Crippen LogP contribution is 2.21. The largest absolute Gasteiger partial charge is 0.315 e. The standard InChI is InChI=1S/C15H20N2O2/c1-11(2)7-8-16-9-10-17-14(18)12-5-3-4-6-13(12)15(17)19/h3-6,11,16H,7-10H2,1-2H3. The summed E-state index contributed by atoms with van der Waals surface area (Å²) in [7, 11) is 0. The first-order valence-corrected chi connectivity index (χ1v) is 6.77. The van der Waals surface area contributed by atoms with Crippen LogP contribution in [0.15, 0.2) is 24.3 Å². The van der Waals surface area contributed by atoms with Crippen LogP contribution in [0.25, 0.3) is 0 Å². The topological polar surface area (TPSA) is 49.4 Å². The number of amides is 2. The van der Waals surface area contributed by atoms with E-state index in [1.807, 2.05) is 0 Å². The maximum atomic E-state index is 12.1. The highest BCUT2D eigenvalue weighted by Gasteiger charge is 2.34. The lowest BCUT2D eigenvalue weighted by Gasteiger charge is -2.14. The molecular formula is C15H20N2O2. The number of imide groups is 1. The molecular weight excluding hydrogens is 240 g/mol. The third-order valence-electron chi connectivity index (χ3n) is 3.29. The second kappa shape index (κ2) is 5.97. The number of nitrogens with zero attached hydrogens (tertiary/aromatic N) is 1. The summed E-state index contributed by atoms with van der Waals surface area (Å²) < 4.78 is 0. The molecule has 1 aliphatic rings. The van der Waals surface area contributed by atoms with Crippen LogP contribution in [0.3, 0.4) is 0 Å². The van der Waals surface area contributed by atoms with Gasteiger partial charge in [0, 0.05) is 13.1 Å². The average Bonchev–Trinajstić information content (AvgIpc) is 2.63. The van der Waals surface area contributed by atoms with Crippen LogP contribution in [0.2, 0.25) is 0 Å². The van der Waals surface area contributed by atoms with Crippen molar-refractivity contribution in [3.63, 3.8) is 0 Å². The van der Waals surface area contributed by atoms with Crippen molar-refractivity contribution in [3.05, 3.63) is 35.4 Å². The molecule has 0 bridgehead atoms. The SMILES string of the molecule is CC(C)CCNCCN1C(=O)c2ccccc2C1=O. The van der Waals surface area contributed by atoms with Crippen LogP contribution in [0.1, 0.15) is 41.0 Å². The van der Waals surface area contributed by atoms with Crippen molar-refractivity contribution in [1.82, 2.24) is 10.2 Å². The molecule has 0 atom stereocenters. The number of carbonyl (C=O) groups is 2. The zero-order valence-corrected chi connectivity index (χ0v) is 11.5. The summed E-state index contributed by atoms with van der Waals surface area (Å²) in [4.78, 5) is 25.4. The Morgan fingerprint density at radius 1 is 1.05 bits per heavy atom. The fraction of sp³-hybridized carbons (Fsp3) is 0.467. The summed E-state index contributed by atoms with van der Waals surface area (Å²) in [5.41, 5.74) is 1.05. The summed E-state index contributed by atoms with van der Waals surface area (Å²) in [5.74, 6) is 0.310. The molecule has 4 nitrogen and oxygen atoms in total. The lowest BCUT2D eigenvalue weighted by Crippen LogP contribution is -2.36. The fourth-order valence-corrected chi connectivity index (χ4v) is 2.15. The molecule has 0 aliphatic carbocycles. The number of carbonyl (C=O) groups excluding carboxylic acids is 2. The van der Waals surface area contributed by atoms with E-state index in [-0.39, 0.29) is 11.8 Å². The van der Waals surface area contributed by atoms with Crippen LogP contribution in [-0.4, -0.2) is 36.3 Å². The summed E-state index contributed by atoms with van der Waals surface area (Å²) in [6.07, 6.45) is 1.10. The molecule has 0 radical (unpaired) electrons. The number of hydrogen-bond acceptors (Lipinski definition) is 3. The Hall–Kier alpha value is -1.68. The molecule has 0 saturated heterocycles. The lowest BCUT2D eigenvalue weighted by molar-refractivity contribution is 0.0655. The minimum atomic E-state index is -0.175. The molecule has 0 unspecified atom stereocenters. The molecule has 2 rings (SSSR count). The highest BCUT2D eigenvalue weighted by atomic mass is 16.2. The maximum absolute atomic E-state index is 12.1. The van der Waals surface area contributed by atoms with E-state index in [1.54, 1.807) is 24.3 Å². The maximum Gasteiger partial charge on any atom is 0.261 e. The molecule has 19 heavy (non-hydrogen) atoms. The van der Waals surface area contributed by atoms with Gasteiger partial charge in [0.15, 0.2) is 0 Å². The van der Waals surface area contributed by atoms with Gasteiger partial charge in [-0.1, -0.05) is 26.0 Å². The van der Waals surface area contributed by atoms with Gasteiger partial charge in [-0.2, -0.15) is 0 Å².